The van der Waals surface area contributed by atoms with Crippen molar-refractivity contribution in [3.05, 3.63) is 23.8 Å². The first-order chi connectivity index (χ1) is 18.2. The molecule has 0 radical (unpaired) electrons. The third kappa shape index (κ3) is 13.2. The zero-order chi connectivity index (χ0) is 29.7. The number of hydrogen-bond acceptors (Lipinski definition) is 11. The van der Waals surface area contributed by atoms with Gasteiger partial charge in [-0.25, -0.2) is 14.4 Å². The number of hydrogen-bond donors (Lipinski definition) is 2. The summed E-state index contributed by atoms with van der Waals surface area (Å²) in [7, 11) is 0. The van der Waals surface area contributed by atoms with Gasteiger partial charge in [-0.15, -0.1) is 0 Å². The molecule has 0 fully saturated rings. The molecule has 1 aromatic carbocycles. The van der Waals surface area contributed by atoms with Crippen LogP contribution in [0.5, 0.6) is 11.5 Å². The van der Waals surface area contributed by atoms with Crippen LogP contribution in [0, 0.1) is 17.8 Å². The maximum absolute atomic E-state index is 12.3. The molecule has 0 bridgehead atoms. The van der Waals surface area contributed by atoms with Crippen molar-refractivity contribution >= 4 is 24.4 Å². The molecule has 39 heavy (non-hydrogen) atoms. The van der Waals surface area contributed by atoms with Gasteiger partial charge in [0.15, 0.2) is 11.5 Å². The zero-order valence-corrected chi connectivity index (χ0v) is 23.6. The van der Waals surface area contributed by atoms with E-state index in [-0.39, 0.29) is 55.5 Å². The Morgan fingerprint density at radius 3 is 1.67 bits per heavy atom. The van der Waals surface area contributed by atoms with Crippen molar-refractivity contribution in [1.29, 1.82) is 0 Å². The van der Waals surface area contributed by atoms with Crippen molar-refractivity contribution in [2.75, 3.05) is 19.8 Å². The highest BCUT2D eigenvalue weighted by molar-refractivity contribution is 5.75. The van der Waals surface area contributed by atoms with E-state index in [2.05, 4.69) is 0 Å². The van der Waals surface area contributed by atoms with Crippen molar-refractivity contribution < 1.29 is 52.7 Å². The first kappa shape index (κ1) is 33.5. The number of ether oxygens (including phenoxy) is 6. The Morgan fingerprint density at radius 2 is 1.21 bits per heavy atom. The highest BCUT2D eigenvalue weighted by Crippen LogP contribution is 2.35. The molecular weight excluding hydrogens is 514 g/mol. The molecule has 0 saturated carbocycles. The Hall–Kier alpha value is -3.54. The first-order valence-corrected chi connectivity index (χ1v) is 12.8. The molecule has 3 N–H and O–H groups in total. The number of carboxylic acids is 1. The van der Waals surface area contributed by atoms with Gasteiger partial charge >= 0.3 is 24.4 Å². The lowest BCUT2D eigenvalue weighted by molar-refractivity contribution is -0.139. The summed E-state index contributed by atoms with van der Waals surface area (Å²) in [5, 5.41) is 9.62. The Balaban J connectivity index is 3.26. The highest BCUT2D eigenvalue weighted by atomic mass is 16.7. The van der Waals surface area contributed by atoms with Gasteiger partial charge in [-0.2, -0.15) is 0 Å². The van der Waals surface area contributed by atoms with Crippen molar-refractivity contribution in [2.24, 2.45) is 23.5 Å². The predicted molar refractivity (Wildman–Crippen MR) is 140 cm³/mol. The quantitative estimate of drug-likeness (QED) is 0.177. The van der Waals surface area contributed by atoms with E-state index in [0.29, 0.717) is 5.56 Å². The molecule has 0 aliphatic carbocycles. The summed E-state index contributed by atoms with van der Waals surface area (Å²) in [6.07, 6.45) is -3.73. The summed E-state index contributed by atoms with van der Waals surface area (Å²) < 4.78 is 30.9. The van der Waals surface area contributed by atoms with E-state index in [0.717, 1.165) is 0 Å². The summed E-state index contributed by atoms with van der Waals surface area (Å²) >= 11 is 0. The van der Waals surface area contributed by atoms with Crippen LogP contribution in [0.4, 0.5) is 14.4 Å². The smallest absolute Gasteiger partial charge is 0.480 e. The molecule has 0 heterocycles. The molecule has 0 aliphatic heterocycles. The molecule has 2 unspecified atom stereocenters. The maximum Gasteiger partial charge on any atom is 0.513 e. The lowest BCUT2D eigenvalue weighted by Crippen LogP contribution is -2.38. The highest BCUT2D eigenvalue weighted by Gasteiger charge is 2.30. The molecule has 220 valence electrons. The topological polar surface area (TPSA) is 170 Å². The number of carboxylic acid groups (broad SMARTS) is 1. The van der Waals surface area contributed by atoms with Crippen LogP contribution in [0.2, 0.25) is 0 Å². The van der Waals surface area contributed by atoms with Gasteiger partial charge in [-0.05, 0) is 48.8 Å². The molecule has 0 aromatic heterocycles. The Bertz CT molecular complexity index is 961. The van der Waals surface area contributed by atoms with E-state index >= 15 is 0 Å². The minimum absolute atomic E-state index is 0.00187. The Labute approximate surface area is 229 Å². The number of aliphatic carboxylic acids is 1. The van der Waals surface area contributed by atoms with Gasteiger partial charge in [0.05, 0.1) is 19.8 Å². The van der Waals surface area contributed by atoms with E-state index in [1.807, 2.05) is 41.5 Å². The second kappa shape index (κ2) is 16.4. The zero-order valence-electron chi connectivity index (χ0n) is 23.6. The fourth-order valence-electron chi connectivity index (χ4n) is 3.13. The molecule has 0 amide bonds. The van der Waals surface area contributed by atoms with Gasteiger partial charge in [0, 0.05) is 5.92 Å². The molecule has 0 aliphatic rings. The molecule has 0 saturated heterocycles. The molecule has 0 spiro atoms. The summed E-state index contributed by atoms with van der Waals surface area (Å²) in [6.45, 7) is 13.0. The van der Waals surface area contributed by atoms with Gasteiger partial charge in [0.1, 0.15) is 12.1 Å². The largest absolute Gasteiger partial charge is 0.513 e. The van der Waals surface area contributed by atoms with Crippen LogP contribution < -0.4 is 15.2 Å². The van der Waals surface area contributed by atoms with E-state index in [1.165, 1.54) is 18.2 Å². The number of benzene rings is 1. The summed E-state index contributed by atoms with van der Waals surface area (Å²) in [5.41, 5.74) is 6.30. The molecular formula is C27H41NO11. The van der Waals surface area contributed by atoms with Crippen molar-refractivity contribution in [2.45, 2.75) is 73.0 Å². The average Bonchev–Trinajstić information content (AvgIpc) is 2.84. The van der Waals surface area contributed by atoms with Gasteiger partial charge in [-0.1, -0.05) is 47.6 Å². The lowest BCUT2D eigenvalue weighted by atomic mass is 9.87. The van der Waals surface area contributed by atoms with Crippen molar-refractivity contribution in [3.63, 3.8) is 0 Å². The van der Waals surface area contributed by atoms with E-state index in [9.17, 15) is 24.3 Å². The van der Waals surface area contributed by atoms with Crippen LogP contribution in [-0.4, -0.2) is 61.5 Å². The lowest BCUT2D eigenvalue weighted by Gasteiger charge is -2.25. The van der Waals surface area contributed by atoms with Gasteiger partial charge in [-0.3, -0.25) is 4.79 Å². The fourth-order valence-corrected chi connectivity index (χ4v) is 3.13. The van der Waals surface area contributed by atoms with Crippen LogP contribution in [0.1, 0.15) is 66.4 Å². The second-order valence-corrected chi connectivity index (χ2v) is 10.4. The number of carbonyl (C=O) groups excluding carboxylic acids is 3. The van der Waals surface area contributed by atoms with Crippen LogP contribution in [0.25, 0.3) is 0 Å². The summed E-state index contributed by atoms with van der Waals surface area (Å²) in [5.74, 6) is -2.36. The van der Waals surface area contributed by atoms with E-state index in [4.69, 9.17) is 34.2 Å². The Morgan fingerprint density at radius 1 is 0.744 bits per heavy atom. The van der Waals surface area contributed by atoms with Crippen LogP contribution in [0.15, 0.2) is 18.2 Å². The van der Waals surface area contributed by atoms with Gasteiger partial charge in [0.2, 0.25) is 0 Å². The number of nitrogens with two attached hydrogens (primary N) is 1. The summed E-state index contributed by atoms with van der Waals surface area (Å²) in [6, 6.07) is 2.69. The third-order valence-corrected chi connectivity index (χ3v) is 4.99. The van der Waals surface area contributed by atoms with Crippen LogP contribution >= 0.6 is 0 Å². The third-order valence-electron chi connectivity index (χ3n) is 4.99. The molecule has 12 nitrogen and oxygen atoms in total. The predicted octanol–water partition coefficient (Wildman–Crippen LogP) is 5.11. The van der Waals surface area contributed by atoms with Crippen LogP contribution in [0.3, 0.4) is 0 Å². The maximum atomic E-state index is 12.3. The standard InChI is InChI=1S/C27H41NO11/c1-15(2)12-34-25(31)37-18(7)10-20(23(28)24(29)30)19-8-9-21(38-26(32)35-13-16(3)4)22(11-19)39-27(33)36-14-17(5)6/h8-9,11,15-18,20,23H,10,12-14,28H2,1-7H3,(H,29,30)/t18?,20?,23-/m0/s1. The normalized spacial score (nSPS) is 13.4. The monoisotopic (exact) mass is 555 g/mol. The van der Waals surface area contributed by atoms with E-state index in [1.54, 1.807) is 6.92 Å². The van der Waals surface area contributed by atoms with Crippen molar-refractivity contribution in [3.8, 4) is 11.5 Å². The minimum Gasteiger partial charge on any atom is -0.480 e. The Kier molecular flexibility index (Phi) is 14.1. The first-order valence-electron chi connectivity index (χ1n) is 12.8. The minimum atomic E-state index is -1.41. The molecule has 3 atom stereocenters. The average molecular weight is 556 g/mol. The molecule has 1 aromatic rings. The molecule has 1 rings (SSSR count). The fraction of sp³-hybridized carbons (Fsp3) is 0.630. The SMILES string of the molecule is CC(C)COC(=O)Oc1ccc(C(CC(C)OC(=O)OCC(C)C)[C@H](N)C(=O)O)cc1OC(=O)OCC(C)C. The summed E-state index contributed by atoms with van der Waals surface area (Å²) in [4.78, 5) is 48.2. The van der Waals surface area contributed by atoms with Crippen LogP contribution in [-0.2, 0) is 23.7 Å². The van der Waals surface area contributed by atoms with Crippen molar-refractivity contribution in [1.82, 2.24) is 0 Å². The number of carbonyl (C=O) groups is 4. The molecule has 12 heteroatoms. The van der Waals surface area contributed by atoms with Gasteiger partial charge < -0.3 is 39.3 Å². The van der Waals surface area contributed by atoms with Gasteiger partial charge in [0.25, 0.3) is 0 Å². The number of rotatable bonds is 14. The van der Waals surface area contributed by atoms with E-state index < -0.39 is 42.5 Å². The second-order valence-electron chi connectivity index (χ2n) is 10.4.